The molecular weight excluding hydrogens is 277 g/mol. The van der Waals surface area contributed by atoms with Gasteiger partial charge in [-0.25, -0.2) is 0 Å². The molecule has 0 bridgehead atoms. The Bertz CT molecular complexity index is 396. The zero-order valence-electron chi connectivity index (χ0n) is 9.80. The molecule has 0 unspecified atom stereocenters. The molecule has 1 aromatic rings. The van der Waals surface area contributed by atoms with Crippen molar-refractivity contribution in [2.24, 2.45) is 5.92 Å². The average Bonchev–Trinajstić information content (AvgIpc) is 2.28. The molecule has 2 nitrogen and oxygen atoms in total. The van der Waals surface area contributed by atoms with Gasteiger partial charge in [-0.2, -0.15) is 0 Å². The van der Waals surface area contributed by atoms with Gasteiger partial charge in [0.1, 0.15) is 0 Å². The summed E-state index contributed by atoms with van der Waals surface area (Å²) in [6.45, 7) is 4.18. The van der Waals surface area contributed by atoms with Crippen molar-refractivity contribution >= 4 is 41.1 Å². The summed E-state index contributed by atoms with van der Waals surface area (Å²) in [5.74, 6) is 0.542. The number of halogens is 2. The zero-order valence-corrected chi connectivity index (χ0v) is 12.1. The molecule has 0 atom stereocenters. The summed E-state index contributed by atoms with van der Waals surface area (Å²) in [4.78, 5) is 12.3. The van der Waals surface area contributed by atoms with Crippen LogP contribution in [0.1, 0.15) is 26.7 Å². The van der Waals surface area contributed by atoms with Crippen molar-refractivity contribution in [2.45, 2.75) is 31.6 Å². The number of nitrogens with one attached hydrogen (secondary N) is 1. The predicted octanol–water partition coefficient (Wildman–Crippen LogP) is 4.55. The number of amides is 1. The summed E-state index contributed by atoms with van der Waals surface area (Å²) >= 11 is 13.1. The molecule has 0 saturated heterocycles. The summed E-state index contributed by atoms with van der Waals surface area (Å²) in [6, 6.07) is 5.34. The van der Waals surface area contributed by atoms with E-state index >= 15 is 0 Å². The molecule has 0 heterocycles. The number of hydrogen-bond donors (Lipinski definition) is 1. The lowest BCUT2D eigenvalue weighted by Gasteiger charge is -2.07. The van der Waals surface area contributed by atoms with E-state index in [1.54, 1.807) is 12.1 Å². The standard InChI is InChI=1S/C12H15Cl2NOS/c1-8(2)6-7-11(16)15-17-10-5-3-4-9(13)12(10)14/h3-5,8H,6-7H2,1-2H3,(H,15,16). The van der Waals surface area contributed by atoms with Crippen LogP contribution in [-0.2, 0) is 4.79 Å². The van der Waals surface area contributed by atoms with E-state index in [9.17, 15) is 4.79 Å². The maximum Gasteiger partial charge on any atom is 0.230 e. The molecule has 1 amide bonds. The highest BCUT2D eigenvalue weighted by atomic mass is 35.5. The Hall–Kier alpha value is -0.380. The lowest BCUT2D eigenvalue weighted by atomic mass is 10.1. The minimum absolute atomic E-state index is 0.0137. The predicted molar refractivity (Wildman–Crippen MR) is 74.5 cm³/mol. The molecular formula is C12H15Cl2NOS. The van der Waals surface area contributed by atoms with Crippen LogP contribution in [0.3, 0.4) is 0 Å². The number of hydrogen-bond acceptors (Lipinski definition) is 2. The molecule has 0 saturated carbocycles. The Balaban J connectivity index is 2.45. The Morgan fingerprint density at radius 1 is 1.41 bits per heavy atom. The van der Waals surface area contributed by atoms with Crippen LogP contribution < -0.4 is 4.72 Å². The van der Waals surface area contributed by atoms with Crippen LogP contribution >= 0.6 is 35.1 Å². The first-order valence-corrected chi connectivity index (χ1v) is 6.97. The van der Waals surface area contributed by atoms with Crippen molar-refractivity contribution in [3.05, 3.63) is 28.2 Å². The Morgan fingerprint density at radius 2 is 2.12 bits per heavy atom. The average molecular weight is 292 g/mol. The quantitative estimate of drug-likeness (QED) is 0.806. The van der Waals surface area contributed by atoms with Gasteiger partial charge < -0.3 is 0 Å². The van der Waals surface area contributed by atoms with Gasteiger partial charge in [0.25, 0.3) is 0 Å². The van der Waals surface area contributed by atoms with Crippen LogP contribution in [0.2, 0.25) is 10.0 Å². The van der Waals surface area contributed by atoms with Crippen molar-refractivity contribution in [3.63, 3.8) is 0 Å². The fourth-order valence-electron chi connectivity index (χ4n) is 1.15. The first kappa shape index (κ1) is 14.7. The Labute approximate surface area is 116 Å². The van der Waals surface area contributed by atoms with Crippen molar-refractivity contribution < 1.29 is 4.79 Å². The van der Waals surface area contributed by atoms with E-state index in [1.165, 1.54) is 11.9 Å². The van der Waals surface area contributed by atoms with Gasteiger partial charge in [-0.15, -0.1) is 0 Å². The third-order valence-corrected chi connectivity index (χ3v) is 3.96. The molecule has 0 radical (unpaired) electrons. The monoisotopic (exact) mass is 291 g/mol. The van der Waals surface area contributed by atoms with Gasteiger partial charge in [-0.3, -0.25) is 9.52 Å². The molecule has 94 valence electrons. The Morgan fingerprint density at radius 3 is 2.76 bits per heavy atom. The van der Waals surface area contributed by atoms with E-state index in [4.69, 9.17) is 23.2 Å². The lowest BCUT2D eigenvalue weighted by molar-refractivity contribution is -0.119. The molecule has 0 aliphatic carbocycles. The van der Waals surface area contributed by atoms with Crippen molar-refractivity contribution in [1.29, 1.82) is 0 Å². The van der Waals surface area contributed by atoms with Crippen molar-refractivity contribution in [2.75, 3.05) is 0 Å². The topological polar surface area (TPSA) is 29.1 Å². The highest BCUT2D eigenvalue weighted by Gasteiger charge is 2.08. The van der Waals surface area contributed by atoms with E-state index < -0.39 is 0 Å². The Kier molecular flexibility index (Phi) is 6.17. The number of benzene rings is 1. The number of carbonyl (C=O) groups is 1. The van der Waals surface area contributed by atoms with E-state index in [2.05, 4.69) is 18.6 Å². The van der Waals surface area contributed by atoms with E-state index in [-0.39, 0.29) is 5.91 Å². The van der Waals surface area contributed by atoms with Crippen molar-refractivity contribution in [1.82, 2.24) is 4.72 Å². The van der Waals surface area contributed by atoms with Gasteiger partial charge in [0.05, 0.1) is 10.0 Å². The summed E-state index contributed by atoms with van der Waals surface area (Å²) < 4.78 is 2.76. The zero-order chi connectivity index (χ0) is 12.8. The fourth-order valence-corrected chi connectivity index (χ4v) is 2.29. The fraction of sp³-hybridized carbons (Fsp3) is 0.417. The van der Waals surface area contributed by atoms with Crippen LogP contribution in [0.4, 0.5) is 0 Å². The first-order valence-electron chi connectivity index (χ1n) is 5.40. The molecule has 1 aromatic carbocycles. The first-order chi connectivity index (χ1) is 8.00. The minimum atomic E-state index is 0.0137. The second kappa shape index (κ2) is 7.14. The van der Waals surface area contributed by atoms with Gasteiger partial charge in [-0.05, 0) is 36.4 Å². The second-order valence-corrected chi connectivity index (χ2v) is 5.75. The van der Waals surface area contributed by atoms with Gasteiger partial charge >= 0.3 is 0 Å². The van der Waals surface area contributed by atoms with Crippen LogP contribution in [0, 0.1) is 5.92 Å². The van der Waals surface area contributed by atoms with Crippen LogP contribution in [0.5, 0.6) is 0 Å². The SMILES string of the molecule is CC(C)CCC(=O)NSc1cccc(Cl)c1Cl. The maximum absolute atomic E-state index is 11.5. The maximum atomic E-state index is 11.5. The summed E-state index contributed by atoms with van der Waals surface area (Å²) in [5.41, 5.74) is 0. The van der Waals surface area contributed by atoms with Crippen LogP contribution in [0.25, 0.3) is 0 Å². The third-order valence-electron chi connectivity index (χ3n) is 2.14. The third kappa shape index (κ3) is 5.19. The molecule has 0 aromatic heterocycles. The highest BCUT2D eigenvalue weighted by molar-refractivity contribution is 7.98. The van der Waals surface area contributed by atoms with Crippen LogP contribution in [-0.4, -0.2) is 5.91 Å². The number of rotatable bonds is 5. The molecule has 5 heteroatoms. The second-order valence-electron chi connectivity index (χ2n) is 4.11. The van der Waals surface area contributed by atoms with Gasteiger partial charge in [0, 0.05) is 11.3 Å². The normalized spacial score (nSPS) is 10.6. The van der Waals surface area contributed by atoms with Gasteiger partial charge in [0.2, 0.25) is 5.91 Å². The summed E-state index contributed by atoms with van der Waals surface area (Å²) in [5, 5.41) is 0.969. The van der Waals surface area contributed by atoms with Gasteiger partial charge in [-0.1, -0.05) is 43.1 Å². The summed E-state index contributed by atoms with van der Waals surface area (Å²) in [6.07, 6.45) is 1.42. The van der Waals surface area contributed by atoms with E-state index in [0.717, 1.165) is 11.3 Å². The largest absolute Gasteiger partial charge is 0.296 e. The van der Waals surface area contributed by atoms with Crippen molar-refractivity contribution in [3.8, 4) is 0 Å². The summed E-state index contributed by atoms with van der Waals surface area (Å²) in [7, 11) is 0. The highest BCUT2D eigenvalue weighted by Crippen LogP contribution is 2.31. The molecule has 0 spiro atoms. The smallest absolute Gasteiger partial charge is 0.230 e. The van der Waals surface area contributed by atoms with E-state index in [1.807, 2.05) is 6.07 Å². The molecule has 1 rings (SSSR count). The lowest BCUT2D eigenvalue weighted by Crippen LogP contribution is -2.15. The molecule has 0 aliphatic heterocycles. The minimum Gasteiger partial charge on any atom is -0.296 e. The molecule has 0 aliphatic rings. The number of carbonyl (C=O) groups excluding carboxylic acids is 1. The van der Waals surface area contributed by atoms with Crippen LogP contribution in [0.15, 0.2) is 23.1 Å². The molecule has 0 fully saturated rings. The van der Waals surface area contributed by atoms with Gasteiger partial charge in [0.15, 0.2) is 0 Å². The molecule has 17 heavy (non-hydrogen) atoms. The molecule has 1 N–H and O–H groups in total. The van der Waals surface area contributed by atoms with E-state index in [0.29, 0.717) is 22.4 Å².